The van der Waals surface area contributed by atoms with E-state index in [1.54, 1.807) is 12.3 Å². The Morgan fingerprint density at radius 3 is 2.88 bits per heavy atom. The van der Waals surface area contributed by atoms with E-state index >= 15 is 0 Å². The van der Waals surface area contributed by atoms with Crippen LogP contribution in [-0.4, -0.2) is 16.6 Å². The number of carbonyl (C=O) groups is 1. The summed E-state index contributed by atoms with van der Waals surface area (Å²) in [6.07, 6.45) is 7.19. The van der Waals surface area contributed by atoms with E-state index in [2.05, 4.69) is 6.92 Å². The monoisotopic (exact) mass is 236 g/mol. The van der Waals surface area contributed by atoms with E-state index in [1.807, 2.05) is 4.57 Å². The van der Waals surface area contributed by atoms with Gasteiger partial charge < -0.3 is 15.0 Å². The molecule has 1 aromatic heterocycles. The second-order valence-corrected chi connectivity index (χ2v) is 4.66. The molecule has 0 amide bonds. The van der Waals surface area contributed by atoms with E-state index in [4.69, 9.17) is 10.5 Å². The summed E-state index contributed by atoms with van der Waals surface area (Å²) in [7, 11) is 0. The molecule has 4 heteroatoms. The molecule has 4 nitrogen and oxygen atoms in total. The number of ether oxygens (including phenoxy) is 1. The Morgan fingerprint density at radius 2 is 2.24 bits per heavy atom. The molecule has 2 rings (SSSR count). The van der Waals surface area contributed by atoms with Crippen molar-refractivity contribution in [1.29, 1.82) is 0 Å². The zero-order valence-electron chi connectivity index (χ0n) is 10.3. The average molecular weight is 236 g/mol. The highest BCUT2D eigenvalue weighted by atomic mass is 16.5. The number of hydrogen-bond donors (Lipinski definition) is 1. The lowest BCUT2D eigenvalue weighted by atomic mass is 10.3. The Kier molecular flexibility index (Phi) is 3.71. The largest absolute Gasteiger partial charge is 0.458 e. The molecular formula is C13H20N2O2. The van der Waals surface area contributed by atoms with E-state index in [0.29, 0.717) is 11.4 Å². The predicted octanol–water partition coefficient (Wildman–Crippen LogP) is 2.58. The number of aryl methyl sites for hydroxylation is 1. The average Bonchev–Trinajstić information content (AvgIpc) is 2.88. The summed E-state index contributed by atoms with van der Waals surface area (Å²) in [5.41, 5.74) is 6.93. The van der Waals surface area contributed by atoms with Crippen LogP contribution < -0.4 is 5.73 Å². The predicted molar refractivity (Wildman–Crippen MR) is 66.8 cm³/mol. The third-order valence-electron chi connectivity index (χ3n) is 3.17. The number of anilines is 1. The van der Waals surface area contributed by atoms with E-state index < -0.39 is 0 Å². The normalized spacial score (nSPS) is 16.3. The van der Waals surface area contributed by atoms with Gasteiger partial charge >= 0.3 is 5.97 Å². The molecule has 0 unspecified atom stereocenters. The Labute approximate surface area is 102 Å². The zero-order valence-corrected chi connectivity index (χ0v) is 10.3. The summed E-state index contributed by atoms with van der Waals surface area (Å²) in [5, 5.41) is 0. The maximum atomic E-state index is 12.0. The van der Waals surface area contributed by atoms with Gasteiger partial charge in [0.05, 0.1) is 5.69 Å². The smallest absolute Gasteiger partial charge is 0.355 e. The number of esters is 1. The molecule has 1 aromatic rings. The van der Waals surface area contributed by atoms with Gasteiger partial charge in [0, 0.05) is 12.7 Å². The highest BCUT2D eigenvalue weighted by molar-refractivity contribution is 5.89. The number of hydrogen-bond acceptors (Lipinski definition) is 3. The Balaban J connectivity index is 2.06. The van der Waals surface area contributed by atoms with Gasteiger partial charge in [-0.2, -0.15) is 0 Å². The molecule has 2 N–H and O–H groups in total. The van der Waals surface area contributed by atoms with Crippen LogP contribution in [-0.2, 0) is 11.3 Å². The van der Waals surface area contributed by atoms with Crippen LogP contribution in [0.3, 0.4) is 0 Å². The highest BCUT2D eigenvalue weighted by Crippen LogP contribution is 2.23. The summed E-state index contributed by atoms with van der Waals surface area (Å²) in [6, 6.07) is 1.70. The summed E-state index contributed by atoms with van der Waals surface area (Å²) in [5.74, 6) is -0.234. The maximum absolute atomic E-state index is 12.0. The maximum Gasteiger partial charge on any atom is 0.355 e. The van der Waals surface area contributed by atoms with Crippen LogP contribution in [0, 0.1) is 0 Å². The molecule has 1 aliphatic rings. The van der Waals surface area contributed by atoms with E-state index in [9.17, 15) is 4.79 Å². The Hall–Kier alpha value is -1.45. The molecule has 1 aliphatic carbocycles. The molecule has 0 aromatic carbocycles. The summed E-state index contributed by atoms with van der Waals surface area (Å²) in [4.78, 5) is 12.0. The van der Waals surface area contributed by atoms with Gasteiger partial charge in [0.2, 0.25) is 0 Å². The lowest BCUT2D eigenvalue weighted by Gasteiger charge is -2.12. The third-order valence-corrected chi connectivity index (χ3v) is 3.17. The van der Waals surface area contributed by atoms with E-state index in [0.717, 1.165) is 38.6 Å². The van der Waals surface area contributed by atoms with Crippen LogP contribution in [0.15, 0.2) is 12.3 Å². The lowest BCUT2D eigenvalue weighted by Crippen LogP contribution is -2.17. The summed E-state index contributed by atoms with van der Waals surface area (Å²) in [6.45, 7) is 2.87. The van der Waals surface area contributed by atoms with Crippen molar-refractivity contribution in [2.75, 3.05) is 5.73 Å². The topological polar surface area (TPSA) is 57.2 Å². The number of aromatic nitrogens is 1. The first-order valence-electron chi connectivity index (χ1n) is 6.37. The minimum absolute atomic E-state index is 0.105. The fourth-order valence-corrected chi connectivity index (χ4v) is 2.35. The molecular weight excluding hydrogens is 216 g/mol. The van der Waals surface area contributed by atoms with Crippen LogP contribution in [0.1, 0.15) is 49.5 Å². The molecule has 1 fully saturated rings. The van der Waals surface area contributed by atoms with Gasteiger partial charge in [0.15, 0.2) is 0 Å². The van der Waals surface area contributed by atoms with E-state index in [1.165, 1.54) is 0 Å². The van der Waals surface area contributed by atoms with Crippen molar-refractivity contribution in [2.24, 2.45) is 0 Å². The standard InChI is InChI=1S/C13H20N2O2/c1-2-7-15-9-10(14)8-12(15)13(16)17-11-5-3-4-6-11/h8-9,11H,2-7,14H2,1H3. The van der Waals surface area contributed by atoms with Gasteiger partial charge in [-0.25, -0.2) is 4.79 Å². The minimum Gasteiger partial charge on any atom is -0.458 e. The molecule has 0 atom stereocenters. The number of nitrogens with zero attached hydrogens (tertiary/aromatic N) is 1. The second kappa shape index (κ2) is 5.25. The highest BCUT2D eigenvalue weighted by Gasteiger charge is 2.22. The van der Waals surface area contributed by atoms with Crippen molar-refractivity contribution in [3.05, 3.63) is 18.0 Å². The first-order chi connectivity index (χ1) is 8.20. The molecule has 17 heavy (non-hydrogen) atoms. The molecule has 0 aliphatic heterocycles. The molecule has 0 saturated heterocycles. The number of carbonyl (C=O) groups excluding carboxylic acids is 1. The summed E-state index contributed by atoms with van der Waals surface area (Å²) >= 11 is 0. The third kappa shape index (κ3) is 2.81. The van der Waals surface area contributed by atoms with Crippen LogP contribution in [0.2, 0.25) is 0 Å². The fraction of sp³-hybridized carbons (Fsp3) is 0.615. The van der Waals surface area contributed by atoms with Crippen molar-refractivity contribution < 1.29 is 9.53 Å². The van der Waals surface area contributed by atoms with Gasteiger partial charge in [0.1, 0.15) is 11.8 Å². The van der Waals surface area contributed by atoms with Crippen LogP contribution in [0.5, 0.6) is 0 Å². The van der Waals surface area contributed by atoms with Gasteiger partial charge in [-0.1, -0.05) is 6.92 Å². The van der Waals surface area contributed by atoms with E-state index in [-0.39, 0.29) is 12.1 Å². The fourth-order valence-electron chi connectivity index (χ4n) is 2.35. The van der Waals surface area contributed by atoms with Crippen molar-refractivity contribution in [1.82, 2.24) is 4.57 Å². The molecule has 0 bridgehead atoms. The van der Waals surface area contributed by atoms with Crippen molar-refractivity contribution in [3.63, 3.8) is 0 Å². The number of nitrogens with two attached hydrogens (primary N) is 1. The molecule has 1 saturated carbocycles. The van der Waals surface area contributed by atoms with Crippen LogP contribution in [0.4, 0.5) is 5.69 Å². The minimum atomic E-state index is -0.234. The first kappa shape index (κ1) is 12.0. The van der Waals surface area contributed by atoms with Crippen LogP contribution >= 0.6 is 0 Å². The number of rotatable bonds is 4. The summed E-state index contributed by atoms with van der Waals surface area (Å²) < 4.78 is 7.36. The first-order valence-corrected chi connectivity index (χ1v) is 6.37. The molecule has 0 spiro atoms. The van der Waals surface area contributed by atoms with Gasteiger partial charge in [-0.15, -0.1) is 0 Å². The second-order valence-electron chi connectivity index (χ2n) is 4.66. The van der Waals surface area contributed by atoms with Crippen molar-refractivity contribution >= 4 is 11.7 Å². The Morgan fingerprint density at radius 1 is 1.53 bits per heavy atom. The molecule has 0 radical (unpaired) electrons. The zero-order chi connectivity index (χ0) is 12.3. The van der Waals surface area contributed by atoms with Crippen molar-refractivity contribution in [2.45, 2.75) is 51.7 Å². The van der Waals surface area contributed by atoms with Gasteiger partial charge in [0.25, 0.3) is 0 Å². The van der Waals surface area contributed by atoms with Crippen LogP contribution in [0.25, 0.3) is 0 Å². The lowest BCUT2D eigenvalue weighted by molar-refractivity contribution is 0.0305. The van der Waals surface area contributed by atoms with Gasteiger partial charge in [-0.3, -0.25) is 0 Å². The SMILES string of the molecule is CCCn1cc(N)cc1C(=O)OC1CCCC1. The molecule has 94 valence electrons. The van der Waals surface area contributed by atoms with Crippen molar-refractivity contribution in [3.8, 4) is 0 Å². The quantitative estimate of drug-likeness (QED) is 0.817. The Bertz CT molecular complexity index is 392. The number of nitrogen functional groups attached to an aromatic ring is 1. The van der Waals surface area contributed by atoms with Gasteiger partial charge in [-0.05, 0) is 38.2 Å². The molecule has 1 heterocycles.